The molecule has 2 aliphatic rings. The fourth-order valence-corrected chi connectivity index (χ4v) is 5.38. The summed E-state index contributed by atoms with van der Waals surface area (Å²) in [7, 11) is 0. The molecule has 2 aromatic carbocycles. The second-order valence-corrected chi connectivity index (χ2v) is 9.70. The summed E-state index contributed by atoms with van der Waals surface area (Å²) in [5.74, 6) is -0.641. The summed E-state index contributed by atoms with van der Waals surface area (Å²) < 4.78 is 5.00. The molecule has 0 N–H and O–H groups in total. The lowest BCUT2D eigenvalue weighted by Crippen LogP contribution is -2.65. The number of benzene rings is 2. The minimum atomic E-state index is -0.676. The molecule has 0 spiro atoms. The number of nitrogens with zero attached hydrogens (tertiary/aromatic N) is 3. The molecule has 160 valence electrons. The number of esters is 1. The van der Waals surface area contributed by atoms with E-state index in [2.05, 4.69) is 4.99 Å². The monoisotopic (exact) mass is 439 g/mol. The molecule has 4 rings (SSSR count). The molecule has 3 atom stereocenters. The van der Waals surface area contributed by atoms with Crippen molar-refractivity contribution < 1.29 is 19.2 Å². The molecule has 0 radical (unpaired) electrons. The third-order valence-electron chi connectivity index (χ3n) is 5.35. The lowest BCUT2D eigenvalue weighted by Gasteiger charge is -2.41. The molecule has 0 bridgehead atoms. The van der Waals surface area contributed by atoms with E-state index in [1.165, 1.54) is 30.1 Å². The number of ether oxygens (including phenoxy) is 1. The van der Waals surface area contributed by atoms with Crippen molar-refractivity contribution in [1.82, 2.24) is 4.90 Å². The third kappa shape index (κ3) is 4.05. The van der Waals surface area contributed by atoms with Gasteiger partial charge in [-0.2, -0.15) is 0 Å². The molecule has 31 heavy (non-hydrogen) atoms. The predicted octanol–water partition coefficient (Wildman–Crippen LogP) is 3.19. The van der Waals surface area contributed by atoms with Gasteiger partial charge in [0.05, 0.1) is 4.92 Å². The van der Waals surface area contributed by atoms with Crippen LogP contribution >= 0.6 is 11.8 Å². The van der Waals surface area contributed by atoms with Crippen LogP contribution in [0.4, 0.5) is 5.69 Å². The Labute approximate surface area is 183 Å². The van der Waals surface area contributed by atoms with Crippen molar-refractivity contribution >= 4 is 35.5 Å². The quantitative estimate of drug-likeness (QED) is 0.225. The van der Waals surface area contributed by atoms with Crippen molar-refractivity contribution in [2.45, 2.75) is 42.7 Å². The van der Waals surface area contributed by atoms with E-state index < -0.39 is 27.7 Å². The summed E-state index contributed by atoms with van der Waals surface area (Å²) in [6.45, 7) is 4.01. The SMILES string of the molecule is CC1(C)S[C@@H]2[C@H](/N=C/c3ccc([N+](=O)[O-])cc3)C(=O)N2[C@H]1C(=O)OCc1ccccc1. The van der Waals surface area contributed by atoms with Gasteiger partial charge in [0.15, 0.2) is 6.04 Å². The molecule has 2 heterocycles. The van der Waals surface area contributed by atoms with E-state index in [4.69, 9.17) is 4.74 Å². The van der Waals surface area contributed by atoms with Gasteiger partial charge in [-0.3, -0.25) is 19.9 Å². The molecule has 1 amide bonds. The van der Waals surface area contributed by atoms with Gasteiger partial charge in [-0.25, -0.2) is 4.79 Å². The predicted molar refractivity (Wildman–Crippen MR) is 117 cm³/mol. The van der Waals surface area contributed by atoms with E-state index in [1.807, 2.05) is 44.2 Å². The normalized spacial score (nSPS) is 24.0. The van der Waals surface area contributed by atoms with Crippen LogP contribution in [0.2, 0.25) is 0 Å². The number of aliphatic imine (C=N–C) groups is 1. The smallest absolute Gasteiger partial charge is 0.330 e. The lowest BCUT2D eigenvalue weighted by atomic mass is 9.96. The summed E-state index contributed by atoms with van der Waals surface area (Å²) in [6.07, 6.45) is 1.54. The number of fused-ring (bicyclic) bond motifs is 1. The molecule has 0 aliphatic carbocycles. The first-order valence-corrected chi connectivity index (χ1v) is 10.6. The summed E-state index contributed by atoms with van der Waals surface area (Å²) >= 11 is 1.53. The number of thioether (sulfide) groups is 1. The first-order valence-electron chi connectivity index (χ1n) is 9.76. The van der Waals surface area contributed by atoms with Crippen molar-refractivity contribution in [2.24, 2.45) is 4.99 Å². The minimum Gasteiger partial charge on any atom is -0.459 e. The molecule has 2 aromatic rings. The van der Waals surface area contributed by atoms with E-state index in [0.29, 0.717) is 5.56 Å². The van der Waals surface area contributed by atoms with E-state index >= 15 is 0 Å². The van der Waals surface area contributed by atoms with Crippen LogP contribution in [0.15, 0.2) is 59.6 Å². The van der Waals surface area contributed by atoms with E-state index in [0.717, 1.165) is 5.56 Å². The summed E-state index contributed by atoms with van der Waals surface area (Å²) in [6, 6.07) is 14.1. The molecule has 0 aromatic heterocycles. The van der Waals surface area contributed by atoms with Crippen molar-refractivity contribution in [1.29, 1.82) is 0 Å². The van der Waals surface area contributed by atoms with Crippen molar-refractivity contribution in [3.63, 3.8) is 0 Å². The van der Waals surface area contributed by atoms with Crippen LogP contribution in [0, 0.1) is 10.1 Å². The highest BCUT2D eigenvalue weighted by Crippen LogP contribution is 2.52. The van der Waals surface area contributed by atoms with Crippen LogP contribution in [0.1, 0.15) is 25.0 Å². The molecule has 0 unspecified atom stereocenters. The average molecular weight is 439 g/mol. The maximum Gasteiger partial charge on any atom is 0.330 e. The van der Waals surface area contributed by atoms with Gasteiger partial charge in [0.1, 0.15) is 18.0 Å². The second kappa shape index (κ2) is 8.14. The van der Waals surface area contributed by atoms with Crippen LogP contribution in [-0.2, 0) is 20.9 Å². The highest BCUT2D eigenvalue weighted by molar-refractivity contribution is 8.01. The molecule has 2 aliphatic heterocycles. The van der Waals surface area contributed by atoms with Gasteiger partial charge in [0.2, 0.25) is 0 Å². The Bertz CT molecular complexity index is 1040. The lowest BCUT2D eigenvalue weighted by molar-refractivity contribution is -0.384. The van der Waals surface area contributed by atoms with Crippen LogP contribution in [-0.4, -0.2) is 50.1 Å². The van der Waals surface area contributed by atoms with E-state index in [1.54, 1.807) is 17.0 Å². The van der Waals surface area contributed by atoms with Gasteiger partial charge in [0, 0.05) is 23.1 Å². The molecule has 2 fully saturated rings. The van der Waals surface area contributed by atoms with Gasteiger partial charge in [-0.15, -0.1) is 11.8 Å². The van der Waals surface area contributed by atoms with Crippen molar-refractivity contribution in [2.75, 3.05) is 0 Å². The number of β-lactam (4-membered cyclic amide) rings is 1. The summed E-state index contributed by atoms with van der Waals surface area (Å²) in [5, 5.41) is 10.5. The fourth-order valence-electron chi connectivity index (χ4n) is 3.77. The zero-order valence-electron chi connectivity index (χ0n) is 17.0. The maximum absolute atomic E-state index is 12.8. The van der Waals surface area contributed by atoms with E-state index in [-0.39, 0.29) is 23.6 Å². The number of amides is 1. The van der Waals surface area contributed by atoms with Crippen LogP contribution < -0.4 is 0 Å². The zero-order valence-corrected chi connectivity index (χ0v) is 17.8. The number of carbonyl (C=O) groups excluding carboxylic acids is 2. The molecule has 9 heteroatoms. The maximum atomic E-state index is 12.8. The molecular weight excluding hydrogens is 418 g/mol. The first-order chi connectivity index (χ1) is 14.8. The Balaban J connectivity index is 1.43. The van der Waals surface area contributed by atoms with Gasteiger partial charge in [-0.05, 0) is 37.1 Å². The average Bonchev–Trinajstić information content (AvgIpc) is 3.01. The van der Waals surface area contributed by atoms with Crippen LogP contribution in [0.3, 0.4) is 0 Å². The number of hydrogen-bond donors (Lipinski definition) is 0. The van der Waals surface area contributed by atoms with Gasteiger partial charge in [-0.1, -0.05) is 30.3 Å². The molecule has 0 saturated carbocycles. The Morgan fingerprint density at radius 1 is 1.23 bits per heavy atom. The Kier molecular flexibility index (Phi) is 5.53. The number of nitro benzene ring substituents is 1. The minimum absolute atomic E-state index is 0.00648. The number of hydrogen-bond acceptors (Lipinski definition) is 7. The second-order valence-electron chi connectivity index (χ2n) is 7.92. The number of carbonyl (C=O) groups is 2. The molecular formula is C22H21N3O5S. The Morgan fingerprint density at radius 2 is 1.90 bits per heavy atom. The van der Waals surface area contributed by atoms with E-state index in [9.17, 15) is 19.7 Å². The zero-order chi connectivity index (χ0) is 22.2. The topological polar surface area (TPSA) is 102 Å². The van der Waals surface area contributed by atoms with Gasteiger partial charge in [0.25, 0.3) is 11.6 Å². The van der Waals surface area contributed by atoms with Gasteiger partial charge < -0.3 is 9.64 Å². The number of nitro groups is 1. The van der Waals surface area contributed by atoms with Crippen LogP contribution in [0.5, 0.6) is 0 Å². The summed E-state index contributed by atoms with van der Waals surface area (Å²) in [5.41, 5.74) is 1.54. The van der Waals surface area contributed by atoms with Crippen LogP contribution in [0.25, 0.3) is 0 Å². The Morgan fingerprint density at radius 3 is 2.55 bits per heavy atom. The molecule has 2 saturated heterocycles. The third-order valence-corrected chi connectivity index (χ3v) is 6.91. The highest BCUT2D eigenvalue weighted by Gasteiger charge is 2.64. The van der Waals surface area contributed by atoms with Crippen molar-refractivity contribution in [3.05, 3.63) is 75.8 Å². The standard InChI is InChI=1S/C22H21N3O5S/c1-22(2)18(21(27)30-13-15-6-4-3-5-7-15)24-19(26)17(20(24)31-22)23-12-14-8-10-16(11-9-14)25(28)29/h3-12,17-18,20H,13H2,1-2H3/b23-12+/t17-,18+,20-/m1/s1. The Hall–Kier alpha value is -3.20. The largest absolute Gasteiger partial charge is 0.459 e. The fraction of sp³-hybridized carbons (Fsp3) is 0.318. The summed E-state index contributed by atoms with van der Waals surface area (Å²) in [4.78, 5) is 41.9. The van der Waals surface area contributed by atoms with Crippen molar-refractivity contribution in [3.8, 4) is 0 Å². The first kappa shape index (κ1) is 21.0. The molecule has 8 nitrogen and oxygen atoms in total. The number of rotatable bonds is 6. The number of non-ortho nitro benzene ring substituents is 1. The van der Waals surface area contributed by atoms with Gasteiger partial charge >= 0.3 is 5.97 Å². The highest BCUT2D eigenvalue weighted by atomic mass is 32.2.